The minimum atomic E-state index is -0.251. The molecule has 5 nitrogen and oxygen atoms in total. The fourth-order valence-electron chi connectivity index (χ4n) is 3.16. The first-order valence-electron chi connectivity index (χ1n) is 8.30. The van der Waals surface area contributed by atoms with Crippen LogP contribution in [0.3, 0.4) is 0 Å². The quantitative estimate of drug-likeness (QED) is 0.926. The number of rotatable bonds is 4. The van der Waals surface area contributed by atoms with E-state index in [1.807, 2.05) is 54.5 Å². The number of nitrogens with one attached hydrogen (secondary N) is 1. The van der Waals surface area contributed by atoms with Crippen LogP contribution in [0.25, 0.3) is 0 Å². The third-order valence-electron chi connectivity index (χ3n) is 4.46. The molecule has 1 fully saturated rings. The van der Waals surface area contributed by atoms with Crippen LogP contribution in [-0.2, 0) is 11.3 Å². The van der Waals surface area contributed by atoms with Crippen LogP contribution in [0.2, 0.25) is 0 Å². The molecule has 1 aromatic carbocycles. The molecule has 126 valence electrons. The zero-order valence-electron chi connectivity index (χ0n) is 14.2. The van der Waals surface area contributed by atoms with Gasteiger partial charge in [0.15, 0.2) is 0 Å². The van der Waals surface area contributed by atoms with Crippen LogP contribution >= 0.6 is 0 Å². The Labute approximate surface area is 142 Å². The van der Waals surface area contributed by atoms with Gasteiger partial charge in [0.2, 0.25) is 0 Å². The number of likely N-dealkylation sites (tertiary alicyclic amines) is 1. The standard InChI is InChI=1S/C19H23N3O2/c1-14-11-18(20-2)21-12-16(14)17-9-6-10-22(17)19(23)24-13-15-7-4-3-5-8-15/h3-5,7-8,11-12,17H,6,9-10,13H2,1-2H3,(H,20,21)/t17-/m1/s1. The topological polar surface area (TPSA) is 54.5 Å². The molecule has 0 aliphatic carbocycles. The second-order valence-corrected chi connectivity index (χ2v) is 6.07. The molecule has 1 saturated heterocycles. The summed E-state index contributed by atoms with van der Waals surface area (Å²) < 4.78 is 5.50. The van der Waals surface area contributed by atoms with Crippen molar-refractivity contribution >= 4 is 11.9 Å². The number of carbonyl (C=O) groups is 1. The summed E-state index contributed by atoms with van der Waals surface area (Å²) in [5.41, 5.74) is 3.24. The molecular formula is C19H23N3O2. The number of carbonyl (C=O) groups excluding carboxylic acids is 1. The predicted molar refractivity (Wildman–Crippen MR) is 93.8 cm³/mol. The van der Waals surface area contributed by atoms with Crippen molar-refractivity contribution in [3.8, 4) is 0 Å². The lowest BCUT2D eigenvalue weighted by Gasteiger charge is -2.25. The number of amides is 1. The van der Waals surface area contributed by atoms with Crippen molar-refractivity contribution in [2.75, 3.05) is 18.9 Å². The second-order valence-electron chi connectivity index (χ2n) is 6.07. The zero-order valence-corrected chi connectivity index (χ0v) is 14.2. The number of pyridine rings is 1. The Morgan fingerprint density at radius 2 is 2.17 bits per heavy atom. The van der Waals surface area contributed by atoms with Gasteiger partial charge >= 0.3 is 6.09 Å². The number of aromatic nitrogens is 1. The lowest BCUT2D eigenvalue weighted by atomic mass is 10.0. The van der Waals surface area contributed by atoms with Gasteiger partial charge in [-0.05, 0) is 42.5 Å². The van der Waals surface area contributed by atoms with Gasteiger partial charge < -0.3 is 15.0 Å². The zero-order chi connectivity index (χ0) is 16.9. The van der Waals surface area contributed by atoms with Crippen LogP contribution in [0.1, 0.15) is 35.6 Å². The van der Waals surface area contributed by atoms with Gasteiger partial charge in [-0.15, -0.1) is 0 Å². The summed E-state index contributed by atoms with van der Waals surface area (Å²) in [5, 5.41) is 3.04. The number of anilines is 1. The molecule has 5 heteroatoms. The largest absolute Gasteiger partial charge is 0.445 e. The monoisotopic (exact) mass is 325 g/mol. The van der Waals surface area contributed by atoms with Crippen LogP contribution in [0.5, 0.6) is 0 Å². The smallest absolute Gasteiger partial charge is 0.410 e. The fourth-order valence-corrected chi connectivity index (χ4v) is 3.16. The Morgan fingerprint density at radius 3 is 2.88 bits per heavy atom. The van der Waals surface area contributed by atoms with Crippen molar-refractivity contribution in [2.45, 2.75) is 32.4 Å². The van der Waals surface area contributed by atoms with Crippen molar-refractivity contribution < 1.29 is 9.53 Å². The molecule has 3 rings (SSSR count). The Balaban J connectivity index is 1.69. The Kier molecular flexibility index (Phi) is 4.99. The SMILES string of the molecule is CNc1cc(C)c([C@H]2CCCN2C(=O)OCc2ccccc2)cn1. The van der Waals surface area contributed by atoms with Crippen molar-refractivity contribution in [3.63, 3.8) is 0 Å². The summed E-state index contributed by atoms with van der Waals surface area (Å²) in [7, 11) is 1.85. The number of hydrogen-bond acceptors (Lipinski definition) is 4. The van der Waals surface area contributed by atoms with Crippen LogP contribution in [-0.4, -0.2) is 29.6 Å². The molecule has 1 N–H and O–H groups in total. The molecule has 1 atom stereocenters. The van der Waals surface area contributed by atoms with Crippen LogP contribution in [0.4, 0.5) is 10.6 Å². The summed E-state index contributed by atoms with van der Waals surface area (Å²) >= 11 is 0. The maximum atomic E-state index is 12.5. The molecule has 0 unspecified atom stereocenters. The average Bonchev–Trinajstić information content (AvgIpc) is 3.10. The highest BCUT2D eigenvalue weighted by atomic mass is 16.6. The number of aryl methyl sites for hydroxylation is 1. The van der Waals surface area contributed by atoms with E-state index < -0.39 is 0 Å². The summed E-state index contributed by atoms with van der Waals surface area (Å²) in [4.78, 5) is 18.7. The molecule has 1 aliphatic rings. The molecule has 0 bridgehead atoms. The van der Waals surface area contributed by atoms with Gasteiger partial charge in [-0.3, -0.25) is 0 Å². The van der Waals surface area contributed by atoms with E-state index in [0.29, 0.717) is 6.61 Å². The average molecular weight is 325 g/mol. The molecule has 2 aromatic rings. The highest BCUT2D eigenvalue weighted by molar-refractivity contribution is 5.69. The van der Waals surface area contributed by atoms with Gasteiger partial charge in [0.25, 0.3) is 0 Å². The van der Waals surface area contributed by atoms with Gasteiger partial charge in [-0.2, -0.15) is 0 Å². The minimum absolute atomic E-state index is 0.0479. The number of ether oxygens (including phenoxy) is 1. The van der Waals surface area contributed by atoms with Crippen molar-refractivity contribution in [1.82, 2.24) is 9.88 Å². The second kappa shape index (κ2) is 7.34. The first-order valence-corrected chi connectivity index (χ1v) is 8.30. The van der Waals surface area contributed by atoms with E-state index in [1.54, 1.807) is 0 Å². The summed E-state index contributed by atoms with van der Waals surface area (Å²) in [6, 6.07) is 11.8. The molecule has 1 aliphatic heterocycles. The maximum absolute atomic E-state index is 12.5. The van der Waals surface area contributed by atoms with Crippen LogP contribution in [0.15, 0.2) is 42.6 Å². The number of benzene rings is 1. The molecule has 1 amide bonds. The van der Waals surface area contributed by atoms with Crippen molar-refractivity contribution in [1.29, 1.82) is 0 Å². The van der Waals surface area contributed by atoms with E-state index in [-0.39, 0.29) is 12.1 Å². The van der Waals surface area contributed by atoms with Crippen LogP contribution < -0.4 is 5.32 Å². The third kappa shape index (κ3) is 3.50. The van der Waals surface area contributed by atoms with Gasteiger partial charge in [0.1, 0.15) is 12.4 Å². The molecular weight excluding hydrogens is 302 g/mol. The molecule has 0 radical (unpaired) electrons. The van der Waals surface area contributed by atoms with Crippen molar-refractivity contribution in [2.24, 2.45) is 0 Å². The molecule has 0 spiro atoms. The first-order chi connectivity index (χ1) is 11.7. The van der Waals surface area contributed by atoms with E-state index in [4.69, 9.17) is 4.74 Å². The fraction of sp³-hybridized carbons (Fsp3) is 0.368. The third-order valence-corrected chi connectivity index (χ3v) is 4.46. The number of hydrogen-bond donors (Lipinski definition) is 1. The van der Waals surface area contributed by atoms with E-state index in [9.17, 15) is 4.79 Å². The molecule has 2 heterocycles. The first kappa shape index (κ1) is 16.3. The highest BCUT2D eigenvalue weighted by Crippen LogP contribution is 2.34. The van der Waals surface area contributed by atoms with E-state index >= 15 is 0 Å². The highest BCUT2D eigenvalue weighted by Gasteiger charge is 2.32. The van der Waals surface area contributed by atoms with E-state index in [2.05, 4.69) is 17.2 Å². The van der Waals surface area contributed by atoms with E-state index in [1.165, 1.54) is 0 Å². The lowest BCUT2D eigenvalue weighted by molar-refractivity contribution is 0.0919. The Hall–Kier alpha value is -2.56. The molecule has 1 aromatic heterocycles. The number of nitrogens with zero attached hydrogens (tertiary/aromatic N) is 2. The molecule has 24 heavy (non-hydrogen) atoms. The van der Waals surface area contributed by atoms with Crippen molar-refractivity contribution in [3.05, 3.63) is 59.3 Å². The van der Waals surface area contributed by atoms with Gasteiger partial charge in [-0.1, -0.05) is 30.3 Å². The van der Waals surface area contributed by atoms with Gasteiger partial charge in [-0.25, -0.2) is 9.78 Å². The predicted octanol–water partition coefficient (Wildman–Crippen LogP) is 3.91. The Bertz CT molecular complexity index is 703. The minimum Gasteiger partial charge on any atom is -0.445 e. The van der Waals surface area contributed by atoms with E-state index in [0.717, 1.165) is 41.9 Å². The maximum Gasteiger partial charge on any atom is 0.410 e. The lowest BCUT2D eigenvalue weighted by Crippen LogP contribution is -2.31. The molecule has 0 saturated carbocycles. The normalized spacial score (nSPS) is 16.9. The Morgan fingerprint density at radius 1 is 1.38 bits per heavy atom. The summed E-state index contributed by atoms with van der Waals surface area (Å²) in [5.74, 6) is 0.840. The van der Waals surface area contributed by atoms with Crippen LogP contribution in [0, 0.1) is 6.92 Å². The summed E-state index contributed by atoms with van der Waals surface area (Å²) in [6.45, 7) is 3.09. The summed E-state index contributed by atoms with van der Waals surface area (Å²) in [6.07, 6.45) is 3.55. The van der Waals surface area contributed by atoms with Gasteiger partial charge in [0.05, 0.1) is 6.04 Å². The van der Waals surface area contributed by atoms with Gasteiger partial charge in [0, 0.05) is 19.8 Å².